The van der Waals surface area contributed by atoms with Crippen molar-refractivity contribution < 1.29 is 8.78 Å². The predicted molar refractivity (Wildman–Crippen MR) is 62.4 cm³/mol. The lowest BCUT2D eigenvalue weighted by atomic mass is 9.96. The first kappa shape index (κ1) is 13.1. The lowest BCUT2D eigenvalue weighted by Crippen LogP contribution is -2.17. The van der Waals surface area contributed by atoms with Crippen molar-refractivity contribution in [1.82, 2.24) is 0 Å². The molecule has 0 heterocycles. The standard InChI is InChI=1S/C13H19F2N/c1-9(2)8-13(14,15)12-6-4-5-11(7-12)10(3)16/h4-7,9-10H,8,16H2,1-3H3. The highest BCUT2D eigenvalue weighted by molar-refractivity contribution is 5.28. The summed E-state index contributed by atoms with van der Waals surface area (Å²) in [7, 11) is 0. The minimum atomic E-state index is -2.76. The summed E-state index contributed by atoms with van der Waals surface area (Å²) >= 11 is 0. The minimum Gasteiger partial charge on any atom is -0.324 e. The molecule has 0 saturated carbocycles. The molecule has 16 heavy (non-hydrogen) atoms. The Morgan fingerprint density at radius 1 is 1.25 bits per heavy atom. The molecular formula is C13H19F2N. The van der Waals surface area contributed by atoms with E-state index in [4.69, 9.17) is 5.73 Å². The largest absolute Gasteiger partial charge is 0.324 e. The first-order valence-electron chi connectivity index (χ1n) is 5.57. The van der Waals surface area contributed by atoms with Gasteiger partial charge in [0.1, 0.15) is 0 Å². The van der Waals surface area contributed by atoms with E-state index in [1.165, 1.54) is 12.1 Å². The van der Waals surface area contributed by atoms with Gasteiger partial charge in [0.15, 0.2) is 0 Å². The molecule has 0 aliphatic rings. The molecule has 0 saturated heterocycles. The van der Waals surface area contributed by atoms with Crippen LogP contribution >= 0.6 is 0 Å². The first-order chi connectivity index (χ1) is 7.33. The van der Waals surface area contributed by atoms with Crippen LogP contribution in [0.25, 0.3) is 0 Å². The van der Waals surface area contributed by atoms with Gasteiger partial charge in [0.2, 0.25) is 0 Å². The molecule has 1 aromatic rings. The number of hydrogen-bond acceptors (Lipinski definition) is 1. The Labute approximate surface area is 95.7 Å². The van der Waals surface area contributed by atoms with Crippen LogP contribution in [0.15, 0.2) is 24.3 Å². The van der Waals surface area contributed by atoms with E-state index in [1.807, 2.05) is 0 Å². The van der Waals surface area contributed by atoms with Crippen molar-refractivity contribution in [2.24, 2.45) is 11.7 Å². The maximum atomic E-state index is 13.8. The summed E-state index contributed by atoms with van der Waals surface area (Å²) in [5.74, 6) is -2.80. The van der Waals surface area contributed by atoms with Gasteiger partial charge in [-0.25, -0.2) is 8.78 Å². The number of rotatable bonds is 4. The lowest BCUT2D eigenvalue weighted by molar-refractivity contribution is -0.0250. The van der Waals surface area contributed by atoms with Crippen molar-refractivity contribution >= 4 is 0 Å². The lowest BCUT2D eigenvalue weighted by Gasteiger charge is -2.20. The van der Waals surface area contributed by atoms with Crippen LogP contribution < -0.4 is 5.73 Å². The molecule has 0 aliphatic carbocycles. The van der Waals surface area contributed by atoms with Crippen molar-refractivity contribution in [2.45, 2.75) is 39.2 Å². The van der Waals surface area contributed by atoms with E-state index in [9.17, 15) is 8.78 Å². The average molecular weight is 227 g/mol. The fraction of sp³-hybridized carbons (Fsp3) is 0.538. The van der Waals surface area contributed by atoms with Crippen LogP contribution in [0.2, 0.25) is 0 Å². The Bertz CT molecular complexity index is 346. The maximum absolute atomic E-state index is 13.8. The molecule has 1 atom stereocenters. The van der Waals surface area contributed by atoms with Crippen molar-refractivity contribution in [3.8, 4) is 0 Å². The van der Waals surface area contributed by atoms with Crippen molar-refractivity contribution in [2.75, 3.05) is 0 Å². The third-order valence-corrected chi connectivity index (χ3v) is 2.50. The number of benzene rings is 1. The van der Waals surface area contributed by atoms with Gasteiger partial charge in [0.25, 0.3) is 5.92 Å². The Morgan fingerprint density at radius 2 is 1.88 bits per heavy atom. The molecule has 0 fully saturated rings. The van der Waals surface area contributed by atoms with E-state index >= 15 is 0 Å². The van der Waals surface area contributed by atoms with Crippen LogP contribution in [-0.2, 0) is 5.92 Å². The van der Waals surface area contributed by atoms with Crippen molar-refractivity contribution in [1.29, 1.82) is 0 Å². The topological polar surface area (TPSA) is 26.0 Å². The molecule has 0 bridgehead atoms. The number of nitrogens with two attached hydrogens (primary N) is 1. The molecule has 1 unspecified atom stereocenters. The second-order valence-corrected chi connectivity index (χ2v) is 4.72. The van der Waals surface area contributed by atoms with Crippen molar-refractivity contribution in [3.05, 3.63) is 35.4 Å². The van der Waals surface area contributed by atoms with Gasteiger partial charge in [-0.05, 0) is 24.5 Å². The summed E-state index contributed by atoms with van der Waals surface area (Å²) in [6, 6.07) is 6.18. The zero-order chi connectivity index (χ0) is 12.3. The number of alkyl halides is 2. The zero-order valence-corrected chi connectivity index (χ0v) is 10.0. The Hall–Kier alpha value is -0.960. The minimum absolute atomic E-state index is 0.0334. The van der Waals surface area contributed by atoms with Gasteiger partial charge >= 0.3 is 0 Å². The van der Waals surface area contributed by atoms with Crippen LogP contribution in [0.3, 0.4) is 0 Å². The molecule has 0 aliphatic heterocycles. The summed E-state index contributed by atoms with van der Waals surface area (Å²) in [6.45, 7) is 5.38. The molecular weight excluding hydrogens is 208 g/mol. The van der Waals surface area contributed by atoms with E-state index in [0.717, 1.165) is 5.56 Å². The summed E-state index contributed by atoms with van der Waals surface area (Å²) in [5.41, 5.74) is 6.50. The maximum Gasteiger partial charge on any atom is 0.273 e. The zero-order valence-electron chi connectivity index (χ0n) is 10.0. The average Bonchev–Trinajstić information content (AvgIpc) is 2.16. The number of halogens is 2. The third kappa shape index (κ3) is 3.27. The smallest absolute Gasteiger partial charge is 0.273 e. The Kier molecular flexibility index (Phi) is 4.03. The molecule has 1 rings (SSSR count). The van der Waals surface area contributed by atoms with Crippen molar-refractivity contribution in [3.63, 3.8) is 0 Å². The van der Waals surface area contributed by atoms with E-state index < -0.39 is 5.92 Å². The highest BCUT2D eigenvalue weighted by Crippen LogP contribution is 2.35. The van der Waals surface area contributed by atoms with Gasteiger partial charge in [0, 0.05) is 18.0 Å². The van der Waals surface area contributed by atoms with E-state index in [-0.39, 0.29) is 23.9 Å². The van der Waals surface area contributed by atoms with Crippen LogP contribution in [0, 0.1) is 5.92 Å². The highest BCUT2D eigenvalue weighted by atomic mass is 19.3. The van der Waals surface area contributed by atoms with Crippen LogP contribution in [-0.4, -0.2) is 0 Å². The monoisotopic (exact) mass is 227 g/mol. The Morgan fingerprint density at radius 3 is 2.38 bits per heavy atom. The third-order valence-electron chi connectivity index (χ3n) is 2.50. The van der Waals surface area contributed by atoms with Gasteiger partial charge in [0.05, 0.1) is 0 Å². The molecule has 2 N–H and O–H groups in total. The number of hydrogen-bond donors (Lipinski definition) is 1. The van der Waals surface area contributed by atoms with Gasteiger partial charge in [-0.15, -0.1) is 0 Å². The van der Waals surface area contributed by atoms with Crippen LogP contribution in [0.5, 0.6) is 0 Å². The van der Waals surface area contributed by atoms with Gasteiger partial charge in [-0.3, -0.25) is 0 Å². The fourth-order valence-corrected chi connectivity index (χ4v) is 1.68. The molecule has 1 aromatic carbocycles. The summed E-state index contributed by atoms with van der Waals surface area (Å²) in [6.07, 6.45) is -0.130. The van der Waals surface area contributed by atoms with E-state index in [0.29, 0.717) is 0 Å². The first-order valence-corrected chi connectivity index (χ1v) is 5.57. The summed E-state index contributed by atoms with van der Waals surface area (Å²) < 4.78 is 27.6. The predicted octanol–water partition coefficient (Wildman–Crippen LogP) is 3.84. The second-order valence-electron chi connectivity index (χ2n) is 4.72. The molecule has 3 heteroatoms. The van der Waals surface area contributed by atoms with Gasteiger partial charge in [-0.2, -0.15) is 0 Å². The summed E-state index contributed by atoms with van der Waals surface area (Å²) in [4.78, 5) is 0. The van der Waals surface area contributed by atoms with Crippen LogP contribution in [0.1, 0.15) is 44.4 Å². The van der Waals surface area contributed by atoms with E-state index in [2.05, 4.69) is 0 Å². The van der Waals surface area contributed by atoms with Crippen LogP contribution in [0.4, 0.5) is 8.78 Å². The normalized spacial score (nSPS) is 14.2. The molecule has 0 amide bonds. The molecule has 0 aromatic heterocycles. The second kappa shape index (κ2) is 4.91. The SMILES string of the molecule is CC(C)CC(F)(F)c1cccc(C(C)N)c1. The Balaban J connectivity index is 2.98. The summed E-state index contributed by atoms with van der Waals surface area (Å²) in [5, 5.41) is 0. The van der Waals surface area contributed by atoms with Gasteiger partial charge < -0.3 is 5.73 Å². The molecule has 90 valence electrons. The fourth-order valence-electron chi connectivity index (χ4n) is 1.68. The van der Waals surface area contributed by atoms with E-state index in [1.54, 1.807) is 32.9 Å². The van der Waals surface area contributed by atoms with Gasteiger partial charge in [-0.1, -0.05) is 32.0 Å². The molecule has 1 nitrogen and oxygen atoms in total. The quantitative estimate of drug-likeness (QED) is 0.830. The highest BCUT2D eigenvalue weighted by Gasteiger charge is 2.32. The molecule has 0 spiro atoms. The molecule has 0 radical (unpaired) electrons.